The number of benzene rings is 2. The third-order valence-corrected chi connectivity index (χ3v) is 5.21. The van der Waals surface area contributed by atoms with E-state index in [0.29, 0.717) is 17.9 Å². The minimum atomic E-state index is -3.78. The summed E-state index contributed by atoms with van der Waals surface area (Å²) in [4.78, 5) is 14.0. The van der Waals surface area contributed by atoms with Crippen molar-refractivity contribution in [3.8, 4) is 0 Å². The van der Waals surface area contributed by atoms with E-state index < -0.39 is 10.0 Å². The van der Waals surface area contributed by atoms with Crippen molar-refractivity contribution in [1.82, 2.24) is 0 Å². The number of fused-ring (bicyclic) bond motifs is 1. The van der Waals surface area contributed by atoms with Crippen LogP contribution in [0.3, 0.4) is 0 Å². The molecule has 1 aliphatic rings. The van der Waals surface area contributed by atoms with Gasteiger partial charge in [-0.2, -0.15) is 0 Å². The highest BCUT2D eigenvalue weighted by Crippen LogP contribution is 2.31. The Morgan fingerprint density at radius 1 is 1.27 bits per heavy atom. The van der Waals surface area contributed by atoms with Crippen molar-refractivity contribution in [2.75, 3.05) is 23.3 Å². The standard InChI is InChI=1S/C18H20FN3O3S/c1-12-9-13-3-2-8-22(18(13)16(19)10-12)11-17(23)21-14-4-6-15(7-5-14)26(20,24)25/h4-7,9-10H,2-3,8,11H2,1H3,(H,21,23)(H2,20,24,25). The fraction of sp³-hybridized carbons (Fsp3) is 0.278. The van der Waals surface area contributed by atoms with Gasteiger partial charge in [0.25, 0.3) is 0 Å². The molecule has 0 atom stereocenters. The third-order valence-electron chi connectivity index (χ3n) is 4.28. The van der Waals surface area contributed by atoms with Crippen molar-refractivity contribution < 1.29 is 17.6 Å². The Labute approximate surface area is 151 Å². The molecule has 3 N–H and O–H groups in total. The van der Waals surface area contributed by atoms with Gasteiger partial charge in [0.15, 0.2) is 0 Å². The Morgan fingerprint density at radius 3 is 2.62 bits per heavy atom. The van der Waals surface area contributed by atoms with Gasteiger partial charge >= 0.3 is 0 Å². The van der Waals surface area contributed by atoms with Crippen molar-refractivity contribution >= 4 is 27.3 Å². The summed E-state index contributed by atoms with van der Waals surface area (Å²) in [7, 11) is -3.78. The smallest absolute Gasteiger partial charge is 0.243 e. The number of anilines is 2. The van der Waals surface area contributed by atoms with Crippen molar-refractivity contribution in [2.24, 2.45) is 5.14 Å². The predicted octanol–water partition coefficient (Wildman–Crippen LogP) is 2.17. The molecule has 3 rings (SSSR count). The van der Waals surface area contributed by atoms with Crippen molar-refractivity contribution in [1.29, 1.82) is 0 Å². The highest BCUT2D eigenvalue weighted by molar-refractivity contribution is 7.89. The molecule has 1 amide bonds. The first-order valence-corrected chi connectivity index (χ1v) is 9.75. The zero-order valence-corrected chi connectivity index (χ0v) is 15.1. The van der Waals surface area contributed by atoms with Gasteiger partial charge in [-0.05, 0) is 61.2 Å². The van der Waals surface area contributed by atoms with Gasteiger partial charge in [-0.25, -0.2) is 17.9 Å². The van der Waals surface area contributed by atoms with Crippen LogP contribution in [-0.4, -0.2) is 27.4 Å². The second-order valence-corrected chi connectivity index (χ2v) is 7.96. The highest BCUT2D eigenvalue weighted by atomic mass is 32.2. The van der Waals surface area contributed by atoms with E-state index in [0.717, 1.165) is 24.0 Å². The van der Waals surface area contributed by atoms with E-state index in [1.165, 1.54) is 30.3 Å². The average molecular weight is 377 g/mol. The van der Waals surface area contributed by atoms with E-state index in [1.807, 2.05) is 13.0 Å². The van der Waals surface area contributed by atoms with Crippen LogP contribution in [0, 0.1) is 12.7 Å². The lowest BCUT2D eigenvalue weighted by Gasteiger charge is -2.31. The molecule has 0 aromatic heterocycles. The van der Waals surface area contributed by atoms with Crippen LogP contribution in [0.4, 0.5) is 15.8 Å². The second kappa shape index (κ2) is 7.05. The van der Waals surface area contributed by atoms with E-state index in [1.54, 1.807) is 4.90 Å². The molecular weight excluding hydrogens is 357 g/mol. The van der Waals surface area contributed by atoms with Gasteiger partial charge < -0.3 is 10.2 Å². The molecule has 0 spiro atoms. The van der Waals surface area contributed by atoms with Gasteiger partial charge in [0.2, 0.25) is 15.9 Å². The summed E-state index contributed by atoms with van der Waals surface area (Å²) in [6, 6.07) is 9.00. The number of nitrogens with two attached hydrogens (primary N) is 1. The van der Waals surface area contributed by atoms with Gasteiger partial charge in [0.1, 0.15) is 5.82 Å². The van der Waals surface area contributed by atoms with Gasteiger partial charge in [0.05, 0.1) is 17.1 Å². The summed E-state index contributed by atoms with van der Waals surface area (Å²) >= 11 is 0. The summed E-state index contributed by atoms with van der Waals surface area (Å²) in [6.07, 6.45) is 1.65. The Balaban J connectivity index is 1.72. The summed E-state index contributed by atoms with van der Waals surface area (Å²) in [6.45, 7) is 2.47. The first-order chi connectivity index (χ1) is 12.2. The van der Waals surface area contributed by atoms with Gasteiger partial charge in [-0.1, -0.05) is 6.07 Å². The van der Waals surface area contributed by atoms with Crippen molar-refractivity contribution in [3.05, 3.63) is 53.3 Å². The van der Waals surface area contributed by atoms with Gasteiger partial charge in [0, 0.05) is 12.2 Å². The Morgan fingerprint density at radius 2 is 1.96 bits per heavy atom. The van der Waals surface area contributed by atoms with Crippen LogP contribution in [0.2, 0.25) is 0 Å². The number of primary sulfonamides is 1. The number of rotatable bonds is 4. The molecule has 8 heteroatoms. The summed E-state index contributed by atoms with van der Waals surface area (Å²) in [5, 5.41) is 7.74. The number of hydrogen-bond acceptors (Lipinski definition) is 4. The normalized spacial score (nSPS) is 14.0. The van der Waals surface area contributed by atoms with Crippen LogP contribution >= 0.6 is 0 Å². The monoisotopic (exact) mass is 377 g/mol. The van der Waals surface area contributed by atoms with Crippen molar-refractivity contribution in [3.63, 3.8) is 0 Å². The first-order valence-electron chi connectivity index (χ1n) is 8.21. The number of sulfonamides is 1. The van der Waals surface area contributed by atoms with E-state index in [2.05, 4.69) is 5.32 Å². The SMILES string of the molecule is Cc1cc(F)c2c(c1)CCCN2CC(=O)Nc1ccc(S(N)(=O)=O)cc1. The number of aryl methyl sites for hydroxylation is 2. The molecule has 26 heavy (non-hydrogen) atoms. The number of hydrogen-bond donors (Lipinski definition) is 2. The predicted molar refractivity (Wildman–Crippen MR) is 98.1 cm³/mol. The van der Waals surface area contributed by atoms with Gasteiger partial charge in [-0.3, -0.25) is 4.79 Å². The fourth-order valence-electron chi connectivity index (χ4n) is 3.18. The summed E-state index contributed by atoms with van der Waals surface area (Å²) in [5.41, 5.74) is 2.71. The number of amides is 1. The molecule has 6 nitrogen and oxygen atoms in total. The zero-order valence-electron chi connectivity index (χ0n) is 14.3. The minimum absolute atomic E-state index is 0.0178. The van der Waals surface area contributed by atoms with Crippen LogP contribution in [0.25, 0.3) is 0 Å². The number of nitrogens with one attached hydrogen (secondary N) is 1. The molecule has 1 heterocycles. The molecule has 2 aromatic carbocycles. The lowest BCUT2D eigenvalue weighted by molar-refractivity contribution is -0.115. The quantitative estimate of drug-likeness (QED) is 0.854. The average Bonchev–Trinajstić information content (AvgIpc) is 2.54. The molecule has 0 radical (unpaired) electrons. The van der Waals surface area contributed by atoms with Crippen LogP contribution in [0.5, 0.6) is 0 Å². The molecule has 0 saturated carbocycles. The molecular formula is C18H20FN3O3S. The molecule has 0 aliphatic carbocycles. The molecule has 2 aromatic rings. The summed E-state index contributed by atoms with van der Waals surface area (Å²) < 4.78 is 36.9. The molecule has 0 fully saturated rings. The zero-order chi connectivity index (χ0) is 18.9. The summed E-state index contributed by atoms with van der Waals surface area (Å²) in [5.74, 6) is -0.619. The number of carbonyl (C=O) groups is 1. The van der Waals surface area contributed by atoms with Crippen LogP contribution < -0.4 is 15.4 Å². The Kier molecular flexibility index (Phi) is 4.97. The maximum absolute atomic E-state index is 14.4. The minimum Gasteiger partial charge on any atom is -0.360 e. The number of carbonyl (C=O) groups excluding carboxylic acids is 1. The van der Waals surface area contributed by atoms with E-state index in [9.17, 15) is 17.6 Å². The Bertz CT molecular complexity index is 943. The Hall–Kier alpha value is -2.45. The first kappa shape index (κ1) is 18.3. The maximum Gasteiger partial charge on any atom is 0.243 e. The third kappa shape index (κ3) is 4.03. The fourth-order valence-corrected chi connectivity index (χ4v) is 3.70. The van der Waals surface area contributed by atoms with Gasteiger partial charge in [-0.15, -0.1) is 0 Å². The number of halogens is 1. The largest absolute Gasteiger partial charge is 0.360 e. The van der Waals surface area contributed by atoms with Crippen LogP contribution in [0.15, 0.2) is 41.3 Å². The maximum atomic E-state index is 14.4. The van der Waals surface area contributed by atoms with E-state index in [4.69, 9.17) is 5.14 Å². The molecule has 0 bridgehead atoms. The van der Waals surface area contributed by atoms with Crippen LogP contribution in [0.1, 0.15) is 17.5 Å². The molecule has 138 valence electrons. The molecule has 0 saturated heterocycles. The van der Waals surface area contributed by atoms with Crippen molar-refractivity contribution in [2.45, 2.75) is 24.7 Å². The van der Waals surface area contributed by atoms with E-state index >= 15 is 0 Å². The molecule has 0 unspecified atom stereocenters. The van der Waals surface area contributed by atoms with Crippen LogP contribution in [-0.2, 0) is 21.2 Å². The lowest BCUT2D eigenvalue weighted by atomic mass is 9.99. The number of nitrogens with zero attached hydrogens (tertiary/aromatic N) is 1. The highest BCUT2D eigenvalue weighted by Gasteiger charge is 2.23. The van der Waals surface area contributed by atoms with E-state index in [-0.39, 0.29) is 23.2 Å². The lowest BCUT2D eigenvalue weighted by Crippen LogP contribution is -2.37. The second-order valence-electron chi connectivity index (χ2n) is 6.40. The molecule has 1 aliphatic heterocycles. The topological polar surface area (TPSA) is 92.5 Å².